The van der Waals surface area contributed by atoms with Crippen LogP contribution in [-0.4, -0.2) is 30.4 Å². The molecule has 3 rings (SSSR count). The molecule has 1 aromatic rings. The van der Waals surface area contributed by atoms with Gasteiger partial charge in [0.1, 0.15) is 0 Å². The van der Waals surface area contributed by atoms with Crippen molar-refractivity contribution in [1.29, 1.82) is 0 Å². The van der Waals surface area contributed by atoms with Crippen LogP contribution in [0.5, 0.6) is 0 Å². The number of hydrogen-bond acceptors (Lipinski definition) is 2. The monoisotopic (exact) mass is 258 g/mol. The molecule has 0 saturated carbocycles. The topological polar surface area (TPSA) is 32.3 Å². The Labute approximate surface area is 115 Å². The van der Waals surface area contributed by atoms with E-state index in [0.29, 0.717) is 11.8 Å². The summed E-state index contributed by atoms with van der Waals surface area (Å²) in [6.45, 7) is 4.18. The van der Waals surface area contributed by atoms with Crippen molar-refractivity contribution >= 4 is 5.91 Å². The first kappa shape index (κ1) is 12.7. The molecule has 102 valence electrons. The molecule has 1 N–H and O–H groups in total. The van der Waals surface area contributed by atoms with E-state index in [1.54, 1.807) is 0 Å². The number of amides is 1. The Balaban J connectivity index is 1.61. The van der Waals surface area contributed by atoms with Crippen LogP contribution in [0, 0.1) is 11.8 Å². The highest BCUT2D eigenvalue weighted by molar-refractivity contribution is 5.76. The van der Waals surface area contributed by atoms with Gasteiger partial charge < -0.3 is 5.32 Å². The van der Waals surface area contributed by atoms with Gasteiger partial charge >= 0.3 is 0 Å². The molecular weight excluding hydrogens is 236 g/mol. The van der Waals surface area contributed by atoms with Crippen LogP contribution in [0.25, 0.3) is 0 Å². The van der Waals surface area contributed by atoms with E-state index >= 15 is 0 Å². The number of likely N-dealkylation sites (tertiary alicyclic amines) is 1. The summed E-state index contributed by atoms with van der Waals surface area (Å²) in [5, 5.41) is 3.01. The van der Waals surface area contributed by atoms with E-state index in [4.69, 9.17) is 0 Å². The van der Waals surface area contributed by atoms with Gasteiger partial charge in [0.25, 0.3) is 0 Å². The third-order valence-corrected chi connectivity index (χ3v) is 4.51. The van der Waals surface area contributed by atoms with E-state index in [0.717, 1.165) is 39.0 Å². The smallest absolute Gasteiger partial charge is 0.220 e. The zero-order valence-electron chi connectivity index (χ0n) is 11.3. The molecule has 3 nitrogen and oxygen atoms in total. The summed E-state index contributed by atoms with van der Waals surface area (Å²) < 4.78 is 0. The first-order valence-electron chi connectivity index (χ1n) is 7.34. The number of rotatable bonds is 2. The Kier molecular flexibility index (Phi) is 3.83. The number of piperidine rings is 1. The van der Waals surface area contributed by atoms with Gasteiger partial charge in [0.2, 0.25) is 5.91 Å². The van der Waals surface area contributed by atoms with Gasteiger partial charge in [0.15, 0.2) is 0 Å². The first-order valence-corrected chi connectivity index (χ1v) is 7.34. The highest BCUT2D eigenvalue weighted by atomic mass is 16.1. The molecule has 2 aliphatic heterocycles. The SMILES string of the molecule is O=C1CC2CCN(Cc3ccccc3)CC2CCN1. The van der Waals surface area contributed by atoms with Crippen molar-refractivity contribution in [2.45, 2.75) is 25.8 Å². The average molecular weight is 258 g/mol. The molecule has 1 aromatic carbocycles. The fourth-order valence-corrected chi connectivity index (χ4v) is 3.44. The zero-order valence-corrected chi connectivity index (χ0v) is 11.3. The van der Waals surface area contributed by atoms with Crippen molar-refractivity contribution in [2.75, 3.05) is 19.6 Å². The summed E-state index contributed by atoms with van der Waals surface area (Å²) in [5.74, 6) is 1.55. The Morgan fingerprint density at radius 1 is 1.16 bits per heavy atom. The zero-order chi connectivity index (χ0) is 13.1. The second-order valence-electron chi connectivity index (χ2n) is 5.87. The van der Waals surface area contributed by atoms with E-state index in [1.807, 2.05) is 0 Å². The quantitative estimate of drug-likeness (QED) is 0.880. The molecule has 0 spiro atoms. The number of nitrogens with zero attached hydrogens (tertiary/aromatic N) is 1. The number of carbonyl (C=O) groups is 1. The van der Waals surface area contributed by atoms with Gasteiger partial charge in [-0.2, -0.15) is 0 Å². The van der Waals surface area contributed by atoms with Crippen LogP contribution in [0.4, 0.5) is 0 Å². The summed E-state index contributed by atoms with van der Waals surface area (Å²) in [6.07, 6.45) is 3.05. The average Bonchev–Trinajstić information content (AvgIpc) is 2.60. The summed E-state index contributed by atoms with van der Waals surface area (Å²) in [6, 6.07) is 10.7. The number of hydrogen-bond donors (Lipinski definition) is 1. The van der Waals surface area contributed by atoms with Gasteiger partial charge in [-0.3, -0.25) is 9.69 Å². The van der Waals surface area contributed by atoms with E-state index in [-0.39, 0.29) is 5.91 Å². The largest absolute Gasteiger partial charge is 0.356 e. The van der Waals surface area contributed by atoms with Crippen molar-refractivity contribution in [2.24, 2.45) is 11.8 Å². The summed E-state index contributed by atoms with van der Waals surface area (Å²) >= 11 is 0. The van der Waals surface area contributed by atoms with Crippen molar-refractivity contribution in [3.8, 4) is 0 Å². The van der Waals surface area contributed by atoms with Crippen LogP contribution < -0.4 is 5.32 Å². The minimum atomic E-state index is 0.254. The number of benzene rings is 1. The van der Waals surface area contributed by atoms with Gasteiger partial charge in [-0.05, 0) is 36.8 Å². The Morgan fingerprint density at radius 3 is 2.84 bits per heavy atom. The van der Waals surface area contributed by atoms with Gasteiger partial charge in [0.05, 0.1) is 0 Å². The van der Waals surface area contributed by atoms with Crippen molar-refractivity contribution in [1.82, 2.24) is 10.2 Å². The lowest BCUT2D eigenvalue weighted by Crippen LogP contribution is -2.40. The third kappa shape index (κ3) is 3.16. The normalized spacial score (nSPS) is 28.3. The molecule has 1 amide bonds. The van der Waals surface area contributed by atoms with Gasteiger partial charge in [-0.25, -0.2) is 0 Å². The highest BCUT2D eigenvalue weighted by Crippen LogP contribution is 2.31. The maximum Gasteiger partial charge on any atom is 0.220 e. The summed E-state index contributed by atoms with van der Waals surface area (Å²) in [7, 11) is 0. The molecule has 2 aliphatic rings. The summed E-state index contributed by atoms with van der Waals surface area (Å²) in [4.78, 5) is 14.1. The predicted molar refractivity (Wildman–Crippen MR) is 75.6 cm³/mol. The maximum atomic E-state index is 11.6. The molecule has 2 unspecified atom stereocenters. The molecule has 0 bridgehead atoms. The van der Waals surface area contributed by atoms with Crippen LogP contribution in [0.2, 0.25) is 0 Å². The standard InChI is InChI=1S/C16H22N2O/c19-16-10-14-7-9-18(12-15(14)6-8-17-16)11-13-4-2-1-3-5-13/h1-5,14-15H,6-12H2,(H,17,19). The number of nitrogens with one attached hydrogen (secondary N) is 1. The van der Waals surface area contributed by atoms with Crippen LogP contribution in [0.1, 0.15) is 24.8 Å². The second-order valence-corrected chi connectivity index (χ2v) is 5.87. The van der Waals surface area contributed by atoms with E-state index in [2.05, 4.69) is 40.5 Å². The molecule has 2 saturated heterocycles. The van der Waals surface area contributed by atoms with Crippen LogP contribution in [0.3, 0.4) is 0 Å². The molecule has 3 heteroatoms. The molecule has 0 radical (unpaired) electrons. The Bertz CT molecular complexity index is 432. The third-order valence-electron chi connectivity index (χ3n) is 4.51. The number of carbonyl (C=O) groups excluding carboxylic acids is 1. The lowest BCUT2D eigenvalue weighted by Gasteiger charge is -2.37. The molecular formula is C16H22N2O. The van der Waals surface area contributed by atoms with E-state index < -0.39 is 0 Å². The molecule has 2 heterocycles. The molecule has 2 atom stereocenters. The van der Waals surface area contributed by atoms with Gasteiger partial charge in [0, 0.05) is 26.1 Å². The molecule has 19 heavy (non-hydrogen) atoms. The molecule has 0 aromatic heterocycles. The molecule has 0 aliphatic carbocycles. The fourth-order valence-electron chi connectivity index (χ4n) is 3.44. The van der Waals surface area contributed by atoms with Crippen LogP contribution in [0.15, 0.2) is 30.3 Å². The first-order chi connectivity index (χ1) is 9.31. The van der Waals surface area contributed by atoms with E-state index in [9.17, 15) is 4.79 Å². The van der Waals surface area contributed by atoms with Crippen molar-refractivity contribution < 1.29 is 4.79 Å². The van der Waals surface area contributed by atoms with Gasteiger partial charge in [-0.15, -0.1) is 0 Å². The Hall–Kier alpha value is -1.35. The molecule has 2 fully saturated rings. The number of fused-ring (bicyclic) bond motifs is 1. The highest BCUT2D eigenvalue weighted by Gasteiger charge is 2.32. The second kappa shape index (κ2) is 5.74. The lowest BCUT2D eigenvalue weighted by molar-refractivity contribution is -0.121. The minimum Gasteiger partial charge on any atom is -0.356 e. The lowest BCUT2D eigenvalue weighted by atomic mass is 9.82. The Morgan fingerprint density at radius 2 is 2.00 bits per heavy atom. The fraction of sp³-hybridized carbons (Fsp3) is 0.562. The minimum absolute atomic E-state index is 0.254. The van der Waals surface area contributed by atoms with Crippen molar-refractivity contribution in [3.05, 3.63) is 35.9 Å². The van der Waals surface area contributed by atoms with E-state index in [1.165, 1.54) is 12.0 Å². The maximum absolute atomic E-state index is 11.6. The predicted octanol–water partition coefficient (Wildman–Crippen LogP) is 2.03. The van der Waals surface area contributed by atoms with Crippen LogP contribution in [-0.2, 0) is 11.3 Å². The van der Waals surface area contributed by atoms with Gasteiger partial charge in [-0.1, -0.05) is 30.3 Å². The summed E-state index contributed by atoms with van der Waals surface area (Å²) in [5.41, 5.74) is 1.39. The van der Waals surface area contributed by atoms with Crippen molar-refractivity contribution in [3.63, 3.8) is 0 Å². The van der Waals surface area contributed by atoms with Crippen LogP contribution >= 0.6 is 0 Å².